The van der Waals surface area contributed by atoms with Crippen molar-refractivity contribution in [3.05, 3.63) is 56.5 Å². The van der Waals surface area contributed by atoms with Gasteiger partial charge in [-0.1, -0.05) is 73.6 Å². The molecule has 2 N–H and O–H groups in total. The molecule has 1 unspecified atom stereocenters. The number of piperazine rings is 4. The molecule has 14 heteroatoms. The summed E-state index contributed by atoms with van der Waals surface area (Å²) in [6.07, 6.45) is 4.64. The highest BCUT2D eigenvalue weighted by Crippen LogP contribution is 2.29. The van der Waals surface area contributed by atoms with Gasteiger partial charge in [-0.2, -0.15) is 0 Å². The van der Waals surface area contributed by atoms with Gasteiger partial charge in [0.15, 0.2) is 0 Å². The number of hydrogen-bond acceptors (Lipinski definition) is 8. The summed E-state index contributed by atoms with van der Waals surface area (Å²) < 4.78 is 0. The van der Waals surface area contributed by atoms with Crippen LogP contribution in [0.2, 0.25) is 20.1 Å². The van der Waals surface area contributed by atoms with E-state index < -0.39 is 0 Å². The van der Waals surface area contributed by atoms with E-state index in [1.165, 1.54) is 12.8 Å². The van der Waals surface area contributed by atoms with Crippen LogP contribution in [0.3, 0.4) is 0 Å². The minimum atomic E-state index is -0.0883. The van der Waals surface area contributed by atoms with E-state index in [1.807, 2.05) is 46.2 Å². The normalized spacial score (nSPS) is 22.2. The molecule has 6 rings (SSSR count). The van der Waals surface area contributed by atoms with Crippen LogP contribution in [-0.2, 0) is 9.59 Å². The van der Waals surface area contributed by atoms with Crippen molar-refractivity contribution in [3.8, 4) is 0 Å². The van der Waals surface area contributed by atoms with Gasteiger partial charge in [-0.15, -0.1) is 0 Å². The largest absolute Gasteiger partial charge is 0.368 e. The van der Waals surface area contributed by atoms with Gasteiger partial charge in [-0.05, 0) is 62.6 Å². The average Bonchev–Trinajstić information content (AvgIpc) is 3.20. The van der Waals surface area contributed by atoms with E-state index in [4.69, 9.17) is 46.4 Å². The molecule has 4 saturated heterocycles. The Morgan fingerprint density at radius 1 is 0.630 bits per heavy atom. The fourth-order valence-electron chi connectivity index (χ4n) is 8.19. The van der Waals surface area contributed by atoms with Gasteiger partial charge in [-0.25, -0.2) is 0 Å². The summed E-state index contributed by atoms with van der Waals surface area (Å²) in [5, 5.41) is 9.13. The quantitative estimate of drug-likeness (QED) is 0.293. The first-order valence-electron chi connectivity index (χ1n) is 19.9. The Balaban J connectivity index is 0.000000208. The minimum Gasteiger partial charge on any atom is -0.368 e. The van der Waals surface area contributed by atoms with Crippen LogP contribution >= 0.6 is 46.4 Å². The summed E-state index contributed by atoms with van der Waals surface area (Å²) in [5.74, 6) is 0.469. The van der Waals surface area contributed by atoms with E-state index in [9.17, 15) is 9.59 Å². The second kappa shape index (κ2) is 20.9. The summed E-state index contributed by atoms with van der Waals surface area (Å²) >= 11 is 24.3. The van der Waals surface area contributed by atoms with Crippen molar-refractivity contribution in [1.82, 2.24) is 30.2 Å². The van der Waals surface area contributed by atoms with E-state index in [2.05, 4.69) is 57.9 Å². The summed E-state index contributed by atoms with van der Waals surface area (Å²) in [6, 6.07) is 12.4. The van der Waals surface area contributed by atoms with Crippen molar-refractivity contribution in [2.45, 2.75) is 77.5 Å². The lowest BCUT2D eigenvalue weighted by molar-refractivity contribution is -0.136. The first-order chi connectivity index (χ1) is 26.0. The number of benzene rings is 2. The number of hydrogen-bond donors (Lipinski definition) is 2. The lowest BCUT2D eigenvalue weighted by atomic mass is 10.1. The van der Waals surface area contributed by atoms with Crippen LogP contribution < -0.4 is 20.4 Å². The fourth-order valence-corrected chi connectivity index (χ4v) is 8.77. The predicted octanol–water partition coefficient (Wildman–Crippen LogP) is 6.21. The maximum atomic E-state index is 13.0. The lowest BCUT2D eigenvalue weighted by Gasteiger charge is -2.41. The van der Waals surface area contributed by atoms with Gasteiger partial charge < -0.3 is 30.2 Å². The monoisotopic (exact) mass is 824 g/mol. The third kappa shape index (κ3) is 11.3. The SMILES string of the molecule is CCC(CC)N1CCN[C@@H](C(=O)N2CCN(c3ccc(Cl)c(Cl)c3)CC2)C1.CCCC(C)N1CCN[C@@H](C(=O)N2CCN(c3ccc(Cl)c(Cl)c3)CC2)C1. The molecule has 3 atom stereocenters. The molecule has 10 nitrogen and oxygen atoms in total. The highest BCUT2D eigenvalue weighted by Gasteiger charge is 2.34. The standard InChI is InChI=1S/2C20H30Cl2N4O/c1-3-4-15(2)26-8-7-23-19(14-26)20(27)25-11-9-24(10-12-25)16-5-6-17(21)18(22)13-16;1-3-15(4-2)26-8-7-23-19(14-26)20(27)25-11-9-24(10-12-25)16-5-6-17(21)18(22)13-16/h2*5-6,13,15,19,23H,3-4,7-12,14H2,1-2H3/t15?,19-;19-/m11/s1. The molecule has 0 saturated carbocycles. The van der Waals surface area contributed by atoms with Crippen LogP contribution in [0.4, 0.5) is 11.4 Å². The number of amides is 2. The molecule has 4 aliphatic heterocycles. The third-order valence-electron chi connectivity index (χ3n) is 11.5. The minimum absolute atomic E-state index is 0.0872. The second-order valence-electron chi connectivity index (χ2n) is 14.9. The molecule has 4 fully saturated rings. The van der Waals surface area contributed by atoms with Crippen molar-refractivity contribution in [2.24, 2.45) is 0 Å². The molecule has 2 aromatic carbocycles. The van der Waals surface area contributed by atoms with Crippen LogP contribution in [0.1, 0.15) is 53.4 Å². The highest BCUT2D eigenvalue weighted by atomic mass is 35.5. The molecule has 2 aromatic rings. The average molecular weight is 827 g/mol. The zero-order chi connectivity index (χ0) is 38.8. The van der Waals surface area contributed by atoms with Crippen LogP contribution in [0.5, 0.6) is 0 Å². The van der Waals surface area contributed by atoms with E-state index in [0.29, 0.717) is 32.2 Å². The Labute approximate surface area is 343 Å². The van der Waals surface area contributed by atoms with Crippen molar-refractivity contribution in [2.75, 3.05) is 101 Å². The Morgan fingerprint density at radius 2 is 1.06 bits per heavy atom. The highest BCUT2D eigenvalue weighted by molar-refractivity contribution is 6.42. The van der Waals surface area contributed by atoms with Gasteiger partial charge in [0.1, 0.15) is 0 Å². The molecule has 2 amide bonds. The maximum absolute atomic E-state index is 13.0. The van der Waals surface area contributed by atoms with Crippen LogP contribution in [-0.4, -0.2) is 147 Å². The maximum Gasteiger partial charge on any atom is 0.241 e. The zero-order valence-electron chi connectivity index (χ0n) is 32.5. The number of anilines is 2. The van der Waals surface area contributed by atoms with Crippen LogP contribution in [0.15, 0.2) is 36.4 Å². The summed E-state index contributed by atoms with van der Waals surface area (Å²) in [6.45, 7) is 20.6. The first-order valence-corrected chi connectivity index (χ1v) is 21.5. The number of nitrogens with zero attached hydrogens (tertiary/aromatic N) is 6. The summed E-state index contributed by atoms with van der Waals surface area (Å²) in [4.78, 5) is 39.5. The van der Waals surface area contributed by atoms with E-state index in [0.717, 1.165) is 116 Å². The molecule has 0 aliphatic carbocycles. The van der Waals surface area contributed by atoms with Crippen LogP contribution in [0.25, 0.3) is 0 Å². The van der Waals surface area contributed by atoms with Crippen LogP contribution in [0, 0.1) is 0 Å². The van der Waals surface area contributed by atoms with Crippen molar-refractivity contribution in [1.29, 1.82) is 0 Å². The lowest BCUT2D eigenvalue weighted by Crippen LogP contribution is -2.61. The molecule has 4 aliphatic rings. The Morgan fingerprint density at radius 3 is 1.46 bits per heavy atom. The van der Waals surface area contributed by atoms with Crippen molar-refractivity contribution >= 4 is 69.6 Å². The van der Waals surface area contributed by atoms with E-state index >= 15 is 0 Å². The topological polar surface area (TPSA) is 77.6 Å². The van der Waals surface area contributed by atoms with Gasteiger partial charge in [0.05, 0.1) is 32.2 Å². The number of rotatable bonds is 10. The number of carbonyl (C=O) groups is 2. The Kier molecular flexibility index (Phi) is 16.7. The second-order valence-corrected chi connectivity index (χ2v) is 16.6. The van der Waals surface area contributed by atoms with Gasteiger partial charge in [-0.3, -0.25) is 19.4 Å². The van der Waals surface area contributed by atoms with Gasteiger partial charge in [0.2, 0.25) is 11.8 Å². The predicted molar refractivity (Wildman–Crippen MR) is 226 cm³/mol. The van der Waals surface area contributed by atoms with Crippen molar-refractivity contribution in [3.63, 3.8) is 0 Å². The Bertz CT molecular complexity index is 1520. The summed E-state index contributed by atoms with van der Waals surface area (Å²) in [7, 11) is 0. The van der Waals surface area contributed by atoms with Gasteiger partial charge in [0.25, 0.3) is 0 Å². The van der Waals surface area contributed by atoms with Crippen molar-refractivity contribution < 1.29 is 9.59 Å². The van der Waals surface area contributed by atoms with E-state index in [-0.39, 0.29) is 23.9 Å². The first kappa shape index (κ1) is 43.1. The molecular formula is C40H60Cl4N8O2. The molecule has 4 heterocycles. The molecule has 300 valence electrons. The smallest absolute Gasteiger partial charge is 0.241 e. The molecule has 0 spiro atoms. The molecule has 0 aromatic heterocycles. The molecular weight excluding hydrogens is 766 g/mol. The zero-order valence-corrected chi connectivity index (χ0v) is 35.5. The molecule has 54 heavy (non-hydrogen) atoms. The van der Waals surface area contributed by atoms with E-state index in [1.54, 1.807) is 0 Å². The fraction of sp³-hybridized carbons (Fsp3) is 0.650. The third-order valence-corrected chi connectivity index (χ3v) is 13.0. The number of carbonyl (C=O) groups excluding carboxylic acids is 2. The molecule has 0 bridgehead atoms. The number of halogens is 4. The Hall–Kier alpha value is -2.02. The summed E-state index contributed by atoms with van der Waals surface area (Å²) in [5.41, 5.74) is 2.12. The van der Waals surface area contributed by atoms with Gasteiger partial charge in [0, 0.05) is 115 Å². The number of nitrogens with one attached hydrogen (secondary N) is 2. The van der Waals surface area contributed by atoms with Gasteiger partial charge >= 0.3 is 0 Å². The molecule has 0 radical (unpaired) electrons.